The van der Waals surface area contributed by atoms with Gasteiger partial charge in [-0.15, -0.1) is 0 Å². The summed E-state index contributed by atoms with van der Waals surface area (Å²) in [5.41, 5.74) is 8.64. The average molecular weight is 448 g/mol. The summed E-state index contributed by atoms with van der Waals surface area (Å²) in [7, 11) is 1.38. The second-order valence-corrected chi connectivity index (χ2v) is 8.40. The van der Waals surface area contributed by atoms with Crippen LogP contribution < -0.4 is 16.8 Å². The molecule has 0 saturated carbocycles. The van der Waals surface area contributed by atoms with Crippen molar-refractivity contribution in [3.05, 3.63) is 22.5 Å². The highest BCUT2D eigenvalue weighted by atomic mass is 16.6. The molecule has 4 rings (SSSR count). The standard InChI is InChI=1S/C20H24N4O8/c1-8-13(21)16(29)12-9(6-32-18(22)30)20(31-2)17-19(23-17,7-24(20)14(12)15(8)28)10(25)4-3-5-11(26)27/h9,17,23H,3-7,21H2,1-2H3,(H2,22,30)(H,26,27)/t9-,17+,19+,20-/m1/s1. The number of ether oxygens (including phenoxy) is 2. The van der Waals surface area contributed by atoms with E-state index in [1.807, 2.05) is 0 Å². The lowest BCUT2D eigenvalue weighted by Crippen LogP contribution is -2.55. The summed E-state index contributed by atoms with van der Waals surface area (Å²) in [6.07, 6.45) is -1.02. The predicted octanol–water partition coefficient (Wildman–Crippen LogP) is -1.46. The van der Waals surface area contributed by atoms with E-state index in [0.29, 0.717) is 0 Å². The third-order valence-corrected chi connectivity index (χ3v) is 6.89. The third-order valence-electron chi connectivity index (χ3n) is 6.89. The highest BCUT2D eigenvalue weighted by Gasteiger charge is 2.81. The molecule has 2 fully saturated rings. The van der Waals surface area contributed by atoms with E-state index < -0.39 is 46.9 Å². The molecule has 4 atom stereocenters. The van der Waals surface area contributed by atoms with Gasteiger partial charge in [0.25, 0.3) is 0 Å². The SMILES string of the molecule is CO[C@@]12[C@H](COC(N)=O)C3=C(C(=O)C(C)=C(N)C3=O)N1C[C@@]1(C(=O)CCCC(=O)O)N[C@H]21. The van der Waals surface area contributed by atoms with Gasteiger partial charge < -0.3 is 30.9 Å². The molecule has 2 saturated heterocycles. The van der Waals surface area contributed by atoms with E-state index in [2.05, 4.69) is 5.32 Å². The summed E-state index contributed by atoms with van der Waals surface area (Å²) in [5, 5.41) is 12.0. The zero-order valence-electron chi connectivity index (χ0n) is 17.6. The van der Waals surface area contributed by atoms with Crippen LogP contribution in [0.1, 0.15) is 26.2 Å². The van der Waals surface area contributed by atoms with Crippen molar-refractivity contribution >= 4 is 29.4 Å². The molecule has 0 spiro atoms. The van der Waals surface area contributed by atoms with Gasteiger partial charge in [0, 0.05) is 37.6 Å². The number of carbonyl (C=O) groups is 5. The van der Waals surface area contributed by atoms with Crippen LogP contribution in [-0.2, 0) is 28.7 Å². The molecule has 0 aromatic carbocycles. The molecule has 4 aliphatic rings. The predicted molar refractivity (Wildman–Crippen MR) is 106 cm³/mol. The molecule has 0 aromatic rings. The fourth-order valence-corrected chi connectivity index (χ4v) is 5.32. The zero-order valence-corrected chi connectivity index (χ0v) is 17.6. The van der Waals surface area contributed by atoms with Gasteiger partial charge in [0.05, 0.1) is 23.4 Å². The van der Waals surface area contributed by atoms with Crippen molar-refractivity contribution in [2.45, 2.75) is 43.5 Å². The van der Waals surface area contributed by atoms with Crippen molar-refractivity contribution in [2.75, 3.05) is 20.3 Å². The first-order valence-corrected chi connectivity index (χ1v) is 10.1. The fourth-order valence-electron chi connectivity index (χ4n) is 5.32. The fraction of sp³-hybridized carbons (Fsp3) is 0.550. The Kier molecular flexibility index (Phi) is 4.90. The van der Waals surface area contributed by atoms with Gasteiger partial charge in [-0.25, -0.2) is 4.79 Å². The number of piperazine rings is 1. The zero-order chi connectivity index (χ0) is 23.6. The van der Waals surface area contributed by atoms with Crippen molar-refractivity contribution in [3.8, 4) is 0 Å². The Bertz CT molecular complexity index is 1030. The molecule has 12 nitrogen and oxygen atoms in total. The van der Waals surface area contributed by atoms with Crippen LogP contribution in [0, 0.1) is 5.92 Å². The van der Waals surface area contributed by atoms with Gasteiger partial charge in [-0.05, 0) is 13.3 Å². The minimum atomic E-state index is -1.36. The number of ketones is 3. The Balaban J connectivity index is 1.73. The molecule has 0 unspecified atom stereocenters. The van der Waals surface area contributed by atoms with Gasteiger partial charge in [-0.3, -0.25) is 24.5 Å². The number of Topliss-reactive ketones (excluding diaryl/α,β-unsaturated/α-hetero) is 3. The Morgan fingerprint density at radius 3 is 2.53 bits per heavy atom. The summed E-state index contributed by atoms with van der Waals surface area (Å²) in [6, 6.07) is -0.619. The molecule has 172 valence electrons. The quantitative estimate of drug-likeness (QED) is 0.250. The molecule has 3 aliphatic heterocycles. The summed E-state index contributed by atoms with van der Waals surface area (Å²) in [6.45, 7) is 1.13. The largest absolute Gasteiger partial charge is 0.481 e. The van der Waals surface area contributed by atoms with Crippen LogP contribution in [0.15, 0.2) is 22.5 Å². The lowest BCUT2D eigenvalue weighted by molar-refractivity contribution is -0.137. The number of hydrogen-bond acceptors (Lipinski definition) is 10. The van der Waals surface area contributed by atoms with Crippen LogP contribution in [0.5, 0.6) is 0 Å². The molecule has 12 heteroatoms. The lowest BCUT2D eigenvalue weighted by atomic mass is 9.81. The lowest BCUT2D eigenvalue weighted by Gasteiger charge is -2.39. The summed E-state index contributed by atoms with van der Waals surface area (Å²) in [5.74, 6) is -3.16. The Morgan fingerprint density at radius 1 is 1.25 bits per heavy atom. The van der Waals surface area contributed by atoms with Crippen molar-refractivity contribution in [1.82, 2.24) is 10.2 Å². The van der Waals surface area contributed by atoms with E-state index >= 15 is 0 Å². The van der Waals surface area contributed by atoms with Crippen LogP contribution in [0.4, 0.5) is 4.79 Å². The Morgan fingerprint density at radius 2 is 1.94 bits per heavy atom. The maximum atomic E-state index is 13.1. The van der Waals surface area contributed by atoms with Crippen LogP contribution in [0.25, 0.3) is 0 Å². The second-order valence-electron chi connectivity index (χ2n) is 8.40. The number of carboxylic acid groups (broad SMARTS) is 1. The Hall–Kier alpha value is -3.25. The third kappa shape index (κ3) is 2.72. The van der Waals surface area contributed by atoms with Gasteiger partial charge in [0.2, 0.25) is 11.6 Å². The van der Waals surface area contributed by atoms with E-state index in [4.69, 9.17) is 26.0 Å². The van der Waals surface area contributed by atoms with Crippen LogP contribution in [-0.4, -0.2) is 77.0 Å². The van der Waals surface area contributed by atoms with Crippen molar-refractivity contribution in [2.24, 2.45) is 17.4 Å². The molecule has 1 aliphatic carbocycles. The average Bonchev–Trinajstić information content (AvgIpc) is 3.30. The van der Waals surface area contributed by atoms with E-state index in [9.17, 15) is 24.0 Å². The second kappa shape index (κ2) is 7.14. The smallest absolute Gasteiger partial charge is 0.404 e. The number of hydrogen-bond donors (Lipinski definition) is 4. The molecule has 32 heavy (non-hydrogen) atoms. The number of nitrogens with one attached hydrogen (secondary N) is 1. The highest BCUT2D eigenvalue weighted by molar-refractivity contribution is 6.25. The Labute approximate surface area is 182 Å². The highest BCUT2D eigenvalue weighted by Crippen LogP contribution is 2.59. The van der Waals surface area contributed by atoms with E-state index in [1.54, 1.807) is 4.90 Å². The van der Waals surface area contributed by atoms with Gasteiger partial charge in [0.1, 0.15) is 12.1 Å². The van der Waals surface area contributed by atoms with Gasteiger partial charge in [0.15, 0.2) is 11.5 Å². The number of allylic oxidation sites excluding steroid dienone is 2. The van der Waals surface area contributed by atoms with Crippen LogP contribution in [0.3, 0.4) is 0 Å². The first kappa shape index (κ1) is 22.0. The van der Waals surface area contributed by atoms with E-state index in [-0.39, 0.29) is 60.7 Å². The topological polar surface area (TPSA) is 201 Å². The first-order chi connectivity index (χ1) is 15.0. The number of carbonyl (C=O) groups excluding carboxylic acids is 4. The normalized spacial score (nSPS) is 32.6. The number of methoxy groups -OCH3 is 1. The van der Waals surface area contributed by atoms with Crippen molar-refractivity contribution < 1.29 is 38.6 Å². The van der Waals surface area contributed by atoms with Crippen molar-refractivity contribution in [1.29, 1.82) is 0 Å². The molecular formula is C20H24N4O8. The van der Waals surface area contributed by atoms with Crippen LogP contribution >= 0.6 is 0 Å². The van der Waals surface area contributed by atoms with Gasteiger partial charge in [-0.2, -0.15) is 0 Å². The summed E-state index contributed by atoms with van der Waals surface area (Å²) < 4.78 is 10.9. The molecule has 0 radical (unpaired) electrons. The number of rotatable bonds is 8. The molecule has 0 aromatic heterocycles. The van der Waals surface area contributed by atoms with Gasteiger partial charge in [-0.1, -0.05) is 0 Å². The molecule has 6 N–H and O–H groups in total. The maximum absolute atomic E-state index is 13.1. The number of aliphatic carboxylic acids is 1. The number of nitrogens with two attached hydrogens (primary N) is 2. The maximum Gasteiger partial charge on any atom is 0.404 e. The number of carboxylic acids is 1. The molecule has 1 amide bonds. The monoisotopic (exact) mass is 448 g/mol. The molecule has 0 bridgehead atoms. The number of nitrogens with zero attached hydrogens (tertiary/aromatic N) is 1. The first-order valence-electron chi connectivity index (χ1n) is 10.1. The van der Waals surface area contributed by atoms with Crippen LogP contribution in [0.2, 0.25) is 0 Å². The minimum absolute atomic E-state index is 0.0244. The number of primary amides is 1. The molecule has 3 heterocycles. The number of fused-ring (bicyclic) bond motifs is 4. The van der Waals surface area contributed by atoms with E-state index in [0.717, 1.165) is 0 Å². The number of amides is 1. The molecular weight excluding hydrogens is 424 g/mol. The summed E-state index contributed by atoms with van der Waals surface area (Å²) >= 11 is 0. The van der Waals surface area contributed by atoms with Crippen molar-refractivity contribution in [3.63, 3.8) is 0 Å². The minimum Gasteiger partial charge on any atom is -0.481 e. The summed E-state index contributed by atoms with van der Waals surface area (Å²) in [4.78, 5) is 62.9. The van der Waals surface area contributed by atoms with E-state index in [1.165, 1.54) is 14.0 Å². The van der Waals surface area contributed by atoms with Gasteiger partial charge >= 0.3 is 12.1 Å².